The molecule has 8 heteroatoms. The highest BCUT2D eigenvalue weighted by molar-refractivity contribution is 7.88. The molecule has 1 atom stereocenters. The molecule has 1 saturated heterocycles. The molecule has 0 radical (unpaired) electrons. The van der Waals surface area contributed by atoms with Crippen molar-refractivity contribution in [2.45, 2.75) is 39.2 Å². The van der Waals surface area contributed by atoms with Crippen LogP contribution in [0.5, 0.6) is 0 Å². The first-order chi connectivity index (χ1) is 10.8. The zero-order chi connectivity index (χ0) is 16.6. The van der Waals surface area contributed by atoms with Crippen LogP contribution in [0.4, 0.5) is 0 Å². The maximum Gasteiger partial charge on any atom is 0.211 e. The van der Waals surface area contributed by atoms with Gasteiger partial charge in [-0.2, -0.15) is 4.31 Å². The second-order valence-corrected chi connectivity index (χ2v) is 9.08. The van der Waals surface area contributed by atoms with Gasteiger partial charge in [0.2, 0.25) is 10.0 Å². The van der Waals surface area contributed by atoms with Crippen LogP contribution in [-0.4, -0.2) is 40.5 Å². The minimum atomic E-state index is -3.27. The summed E-state index contributed by atoms with van der Waals surface area (Å²) in [7, 11) is -3.27. The van der Waals surface area contributed by atoms with E-state index in [4.69, 9.17) is 0 Å². The standard InChI is InChI=1S/C15H20N4O2S2/c1-10-8-12(15-16-9-11(2)22-15)18-14(17-10)13-6-4-5-7-19(13)23(3,20)21/h8-9,13H,4-7H2,1-3H3/t13-/m1/s1. The van der Waals surface area contributed by atoms with E-state index in [0.29, 0.717) is 12.4 Å². The van der Waals surface area contributed by atoms with Gasteiger partial charge >= 0.3 is 0 Å². The van der Waals surface area contributed by atoms with Gasteiger partial charge in [-0.05, 0) is 32.8 Å². The number of thiazole rings is 1. The molecule has 2 aromatic rings. The predicted octanol–water partition coefficient (Wildman–Crippen LogP) is 2.70. The smallest absolute Gasteiger partial charge is 0.211 e. The molecule has 23 heavy (non-hydrogen) atoms. The van der Waals surface area contributed by atoms with Crippen LogP contribution in [0.3, 0.4) is 0 Å². The summed E-state index contributed by atoms with van der Waals surface area (Å²) in [5, 5.41) is 0.843. The first-order valence-electron chi connectivity index (χ1n) is 7.60. The topological polar surface area (TPSA) is 76.1 Å². The Balaban J connectivity index is 2.03. The zero-order valence-electron chi connectivity index (χ0n) is 13.5. The third-order valence-corrected chi connectivity index (χ3v) is 6.11. The first kappa shape index (κ1) is 16.5. The third kappa shape index (κ3) is 3.59. The molecule has 0 bridgehead atoms. The number of nitrogens with zero attached hydrogens (tertiary/aromatic N) is 4. The summed E-state index contributed by atoms with van der Waals surface area (Å²) in [6, 6.07) is 1.62. The lowest BCUT2D eigenvalue weighted by Crippen LogP contribution is -2.38. The van der Waals surface area contributed by atoms with Crippen molar-refractivity contribution in [3.05, 3.63) is 28.7 Å². The molecule has 124 valence electrons. The second kappa shape index (κ2) is 6.26. The molecule has 0 aliphatic carbocycles. The number of hydrogen-bond donors (Lipinski definition) is 0. The average molecular weight is 352 g/mol. The highest BCUT2D eigenvalue weighted by Crippen LogP contribution is 2.32. The molecule has 0 unspecified atom stereocenters. The van der Waals surface area contributed by atoms with Gasteiger partial charge in [0.25, 0.3) is 0 Å². The Morgan fingerprint density at radius 3 is 2.70 bits per heavy atom. The van der Waals surface area contributed by atoms with Gasteiger partial charge in [-0.15, -0.1) is 11.3 Å². The van der Waals surface area contributed by atoms with E-state index in [-0.39, 0.29) is 6.04 Å². The molecule has 6 nitrogen and oxygen atoms in total. The predicted molar refractivity (Wildman–Crippen MR) is 90.8 cm³/mol. The van der Waals surface area contributed by atoms with Crippen LogP contribution in [0.25, 0.3) is 10.7 Å². The number of sulfonamides is 1. The quantitative estimate of drug-likeness (QED) is 0.849. The summed E-state index contributed by atoms with van der Waals surface area (Å²) in [6.45, 7) is 4.44. The van der Waals surface area contributed by atoms with Crippen molar-refractivity contribution in [3.8, 4) is 10.7 Å². The monoisotopic (exact) mass is 352 g/mol. The van der Waals surface area contributed by atoms with Gasteiger partial charge < -0.3 is 0 Å². The van der Waals surface area contributed by atoms with Crippen LogP contribution in [0.2, 0.25) is 0 Å². The molecular formula is C15H20N4O2S2. The number of piperidine rings is 1. The lowest BCUT2D eigenvalue weighted by molar-refractivity contribution is 0.248. The Labute approximate surface area is 140 Å². The second-order valence-electron chi connectivity index (χ2n) is 5.91. The molecule has 0 saturated carbocycles. The minimum Gasteiger partial charge on any atom is -0.243 e. The van der Waals surface area contributed by atoms with Crippen molar-refractivity contribution in [1.29, 1.82) is 0 Å². The SMILES string of the molecule is Cc1cc(-c2ncc(C)s2)nc([C@H]2CCCCN2S(C)(=O)=O)n1. The molecule has 0 aromatic carbocycles. The molecule has 0 amide bonds. The summed E-state index contributed by atoms with van der Waals surface area (Å²) >= 11 is 1.58. The Morgan fingerprint density at radius 1 is 1.26 bits per heavy atom. The van der Waals surface area contributed by atoms with Crippen LogP contribution < -0.4 is 0 Å². The van der Waals surface area contributed by atoms with Crippen molar-refractivity contribution < 1.29 is 8.42 Å². The van der Waals surface area contributed by atoms with E-state index < -0.39 is 10.0 Å². The highest BCUT2D eigenvalue weighted by Gasteiger charge is 2.32. The number of aromatic nitrogens is 3. The van der Waals surface area contributed by atoms with Gasteiger partial charge in [0.05, 0.1) is 12.3 Å². The Hall–Kier alpha value is -1.38. The lowest BCUT2D eigenvalue weighted by atomic mass is 10.0. The van der Waals surface area contributed by atoms with E-state index in [0.717, 1.165) is 40.5 Å². The largest absolute Gasteiger partial charge is 0.243 e. The summed E-state index contributed by atoms with van der Waals surface area (Å²) < 4.78 is 25.7. The molecule has 3 rings (SSSR count). The van der Waals surface area contributed by atoms with Crippen LogP contribution in [0.1, 0.15) is 41.7 Å². The zero-order valence-corrected chi connectivity index (χ0v) is 15.1. The Bertz CT molecular complexity index is 817. The van der Waals surface area contributed by atoms with E-state index in [9.17, 15) is 8.42 Å². The molecule has 3 heterocycles. The van der Waals surface area contributed by atoms with Crippen LogP contribution in [-0.2, 0) is 10.0 Å². The fourth-order valence-corrected chi connectivity index (χ4v) is 4.73. The molecule has 1 aliphatic heterocycles. The maximum absolute atomic E-state index is 12.1. The number of aryl methyl sites for hydroxylation is 2. The normalized spacial score (nSPS) is 19.9. The van der Waals surface area contributed by atoms with E-state index >= 15 is 0 Å². The maximum atomic E-state index is 12.1. The van der Waals surface area contributed by atoms with Crippen molar-refractivity contribution in [2.75, 3.05) is 12.8 Å². The fraction of sp³-hybridized carbons (Fsp3) is 0.533. The van der Waals surface area contributed by atoms with Crippen molar-refractivity contribution in [2.24, 2.45) is 0 Å². The molecular weight excluding hydrogens is 332 g/mol. The minimum absolute atomic E-state index is 0.279. The van der Waals surface area contributed by atoms with Crippen molar-refractivity contribution in [1.82, 2.24) is 19.3 Å². The van der Waals surface area contributed by atoms with E-state index in [1.54, 1.807) is 11.3 Å². The van der Waals surface area contributed by atoms with Gasteiger partial charge in [0, 0.05) is 23.3 Å². The van der Waals surface area contributed by atoms with Gasteiger partial charge in [-0.25, -0.2) is 23.4 Å². The van der Waals surface area contributed by atoms with Crippen LogP contribution in [0, 0.1) is 13.8 Å². The molecule has 1 fully saturated rings. The summed E-state index contributed by atoms with van der Waals surface area (Å²) in [5.41, 5.74) is 1.60. The van der Waals surface area contributed by atoms with E-state index in [1.165, 1.54) is 10.6 Å². The van der Waals surface area contributed by atoms with Gasteiger partial charge in [0.1, 0.15) is 16.5 Å². The van der Waals surface area contributed by atoms with Crippen molar-refractivity contribution in [3.63, 3.8) is 0 Å². The summed E-state index contributed by atoms with van der Waals surface area (Å²) in [5.74, 6) is 0.581. The Kier molecular flexibility index (Phi) is 4.48. The molecule has 1 aliphatic rings. The third-order valence-electron chi connectivity index (χ3n) is 3.89. The van der Waals surface area contributed by atoms with Gasteiger partial charge in [-0.3, -0.25) is 0 Å². The summed E-state index contributed by atoms with van der Waals surface area (Å²) in [6.07, 6.45) is 5.70. The molecule has 0 spiro atoms. The number of rotatable bonds is 3. The molecule has 2 aromatic heterocycles. The summed E-state index contributed by atoms with van der Waals surface area (Å²) in [4.78, 5) is 14.6. The number of hydrogen-bond acceptors (Lipinski definition) is 6. The van der Waals surface area contributed by atoms with E-state index in [1.807, 2.05) is 26.1 Å². The molecule has 0 N–H and O–H groups in total. The van der Waals surface area contributed by atoms with Crippen LogP contribution >= 0.6 is 11.3 Å². The van der Waals surface area contributed by atoms with Gasteiger partial charge in [0.15, 0.2) is 0 Å². The van der Waals surface area contributed by atoms with Crippen LogP contribution in [0.15, 0.2) is 12.3 Å². The average Bonchev–Trinajstić information content (AvgIpc) is 2.92. The first-order valence-corrected chi connectivity index (χ1v) is 10.3. The lowest BCUT2D eigenvalue weighted by Gasteiger charge is -2.32. The fourth-order valence-electron chi connectivity index (χ4n) is 2.88. The van der Waals surface area contributed by atoms with Gasteiger partial charge in [-0.1, -0.05) is 6.42 Å². The van der Waals surface area contributed by atoms with Crippen molar-refractivity contribution >= 4 is 21.4 Å². The highest BCUT2D eigenvalue weighted by atomic mass is 32.2. The Morgan fingerprint density at radius 2 is 2.04 bits per heavy atom. The van der Waals surface area contributed by atoms with E-state index in [2.05, 4.69) is 15.0 Å².